The third-order valence-corrected chi connectivity index (χ3v) is 4.62. The Morgan fingerprint density at radius 1 is 1.10 bits per heavy atom. The number of carbonyl (C=O) groups excluding carboxylic acids is 1. The van der Waals surface area contributed by atoms with E-state index in [0.29, 0.717) is 25.4 Å². The van der Waals surface area contributed by atoms with Crippen LogP contribution in [-0.2, 0) is 13.0 Å². The average molecular weight is 392 g/mol. The van der Waals surface area contributed by atoms with Crippen molar-refractivity contribution < 1.29 is 14.3 Å². The molecule has 0 spiro atoms. The van der Waals surface area contributed by atoms with E-state index in [2.05, 4.69) is 27.9 Å². The third-order valence-electron chi connectivity index (χ3n) is 4.62. The molecule has 1 aliphatic heterocycles. The number of nitrogens with zero attached hydrogens (tertiary/aromatic N) is 2. The zero-order chi connectivity index (χ0) is 19.9. The molecule has 29 heavy (non-hydrogen) atoms. The standard InChI is InChI=1S/C22H24N4O3/c27-22(23-12-6-9-17-7-2-1-3-8-17)25-18-13-24-26(14-18)15-19-16-28-20-10-4-5-11-21(20)29-19/h1-5,7-8,10-11,13-14,19H,6,9,12,15-16H2,(H2,23,25,27). The summed E-state index contributed by atoms with van der Waals surface area (Å²) in [5, 5.41) is 9.97. The van der Waals surface area contributed by atoms with E-state index >= 15 is 0 Å². The summed E-state index contributed by atoms with van der Waals surface area (Å²) in [7, 11) is 0. The van der Waals surface area contributed by atoms with Crippen LogP contribution in [0, 0.1) is 0 Å². The molecule has 0 radical (unpaired) electrons. The maximum absolute atomic E-state index is 12.1. The lowest BCUT2D eigenvalue weighted by Crippen LogP contribution is -2.33. The van der Waals surface area contributed by atoms with Crippen LogP contribution in [0.15, 0.2) is 67.0 Å². The molecular weight excluding hydrogens is 368 g/mol. The number of amides is 2. The fraction of sp³-hybridized carbons (Fsp3) is 0.273. The quantitative estimate of drug-likeness (QED) is 0.604. The number of carbonyl (C=O) groups is 1. The van der Waals surface area contributed by atoms with Gasteiger partial charge in [0.15, 0.2) is 17.6 Å². The smallest absolute Gasteiger partial charge is 0.319 e. The van der Waals surface area contributed by atoms with Crippen molar-refractivity contribution in [2.24, 2.45) is 0 Å². The van der Waals surface area contributed by atoms with E-state index in [9.17, 15) is 4.79 Å². The molecule has 0 saturated heterocycles. The monoisotopic (exact) mass is 392 g/mol. The van der Waals surface area contributed by atoms with Crippen LogP contribution >= 0.6 is 0 Å². The average Bonchev–Trinajstić information content (AvgIpc) is 3.18. The van der Waals surface area contributed by atoms with Crippen LogP contribution < -0.4 is 20.1 Å². The molecule has 1 aromatic heterocycles. The number of fused-ring (bicyclic) bond motifs is 1. The minimum absolute atomic E-state index is 0.135. The Balaban J connectivity index is 1.19. The number of rotatable bonds is 7. The van der Waals surface area contributed by atoms with E-state index in [4.69, 9.17) is 9.47 Å². The fourth-order valence-electron chi connectivity index (χ4n) is 3.20. The van der Waals surface area contributed by atoms with Crippen LogP contribution in [-0.4, -0.2) is 35.1 Å². The predicted octanol–water partition coefficient (Wildman–Crippen LogP) is 3.48. The van der Waals surface area contributed by atoms with Gasteiger partial charge in [0, 0.05) is 12.7 Å². The maximum Gasteiger partial charge on any atom is 0.319 e. The Morgan fingerprint density at radius 3 is 2.76 bits per heavy atom. The number of urea groups is 1. The molecule has 0 bridgehead atoms. The summed E-state index contributed by atoms with van der Waals surface area (Å²) in [4.78, 5) is 12.1. The highest BCUT2D eigenvalue weighted by Gasteiger charge is 2.21. The number of aromatic nitrogens is 2. The van der Waals surface area contributed by atoms with Crippen molar-refractivity contribution in [1.29, 1.82) is 0 Å². The largest absolute Gasteiger partial charge is 0.486 e. The SMILES string of the molecule is O=C(NCCCc1ccccc1)Nc1cnn(CC2COc3ccccc3O2)c1. The van der Waals surface area contributed by atoms with Gasteiger partial charge in [-0.15, -0.1) is 0 Å². The fourth-order valence-corrected chi connectivity index (χ4v) is 3.20. The van der Waals surface area contributed by atoms with Gasteiger partial charge in [0.1, 0.15) is 6.61 Å². The van der Waals surface area contributed by atoms with Crippen molar-refractivity contribution in [3.63, 3.8) is 0 Å². The molecule has 2 amide bonds. The zero-order valence-corrected chi connectivity index (χ0v) is 16.1. The predicted molar refractivity (Wildman–Crippen MR) is 110 cm³/mol. The number of benzene rings is 2. The number of hydrogen-bond acceptors (Lipinski definition) is 4. The van der Waals surface area contributed by atoms with E-state index in [-0.39, 0.29) is 12.1 Å². The number of aryl methyl sites for hydroxylation is 1. The van der Waals surface area contributed by atoms with Crippen molar-refractivity contribution >= 4 is 11.7 Å². The summed E-state index contributed by atoms with van der Waals surface area (Å²) in [6.45, 7) is 1.61. The van der Waals surface area contributed by atoms with Gasteiger partial charge in [-0.05, 0) is 30.5 Å². The molecule has 0 aliphatic carbocycles. The van der Waals surface area contributed by atoms with Gasteiger partial charge in [-0.25, -0.2) is 4.79 Å². The summed E-state index contributed by atoms with van der Waals surface area (Å²) in [6.07, 6.45) is 5.10. The number of para-hydroxylation sites is 2. The lowest BCUT2D eigenvalue weighted by Gasteiger charge is -2.26. The van der Waals surface area contributed by atoms with Crippen molar-refractivity contribution in [3.8, 4) is 11.5 Å². The number of anilines is 1. The van der Waals surface area contributed by atoms with Gasteiger partial charge < -0.3 is 20.1 Å². The highest BCUT2D eigenvalue weighted by Crippen LogP contribution is 2.31. The zero-order valence-electron chi connectivity index (χ0n) is 16.1. The van der Waals surface area contributed by atoms with E-state index < -0.39 is 0 Å². The Labute approximate surface area is 169 Å². The lowest BCUT2D eigenvalue weighted by molar-refractivity contribution is 0.0759. The molecule has 1 unspecified atom stereocenters. The Bertz CT molecular complexity index is 942. The Kier molecular flexibility index (Phi) is 5.95. The van der Waals surface area contributed by atoms with E-state index in [1.54, 1.807) is 17.1 Å². The summed E-state index contributed by atoms with van der Waals surface area (Å²) in [5.41, 5.74) is 1.91. The first-order valence-corrected chi connectivity index (χ1v) is 9.76. The Morgan fingerprint density at radius 2 is 1.90 bits per heavy atom. The van der Waals surface area contributed by atoms with Gasteiger partial charge in [-0.3, -0.25) is 4.68 Å². The van der Waals surface area contributed by atoms with Crippen LogP contribution in [0.5, 0.6) is 11.5 Å². The normalized spacial score (nSPS) is 15.0. The van der Waals surface area contributed by atoms with Crippen LogP contribution in [0.3, 0.4) is 0 Å². The van der Waals surface area contributed by atoms with E-state index in [0.717, 1.165) is 24.3 Å². The minimum atomic E-state index is -0.233. The van der Waals surface area contributed by atoms with Gasteiger partial charge >= 0.3 is 6.03 Å². The molecule has 1 aliphatic rings. The van der Waals surface area contributed by atoms with Crippen LogP contribution in [0.25, 0.3) is 0 Å². The molecule has 0 fully saturated rings. The first-order chi connectivity index (χ1) is 14.3. The topological polar surface area (TPSA) is 77.4 Å². The van der Waals surface area contributed by atoms with Crippen LogP contribution in [0.4, 0.5) is 10.5 Å². The number of ether oxygens (including phenoxy) is 2. The summed E-state index contributed by atoms with van der Waals surface area (Å²) < 4.78 is 13.4. The van der Waals surface area contributed by atoms with Crippen molar-refractivity contribution in [2.45, 2.75) is 25.5 Å². The molecular formula is C22H24N4O3. The van der Waals surface area contributed by atoms with Crippen LogP contribution in [0.2, 0.25) is 0 Å². The second-order valence-corrected chi connectivity index (χ2v) is 6.92. The van der Waals surface area contributed by atoms with Crippen LogP contribution in [0.1, 0.15) is 12.0 Å². The van der Waals surface area contributed by atoms with Gasteiger partial charge in [0.25, 0.3) is 0 Å². The molecule has 150 valence electrons. The second-order valence-electron chi connectivity index (χ2n) is 6.92. The summed E-state index contributed by atoms with van der Waals surface area (Å²) in [6, 6.07) is 17.6. The molecule has 3 aromatic rings. The first kappa shape index (κ1) is 18.9. The molecule has 2 heterocycles. The second kappa shape index (κ2) is 9.14. The minimum Gasteiger partial charge on any atom is -0.486 e. The number of hydrogen-bond donors (Lipinski definition) is 2. The molecule has 4 rings (SSSR count). The van der Waals surface area contributed by atoms with E-state index in [1.807, 2.05) is 42.5 Å². The molecule has 7 heteroatoms. The maximum atomic E-state index is 12.1. The molecule has 0 saturated carbocycles. The van der Waals surface area contributed by atoms with Crippen molar-refractivity contribution in [2.75, 3.05) is 18.5 Å². The highest BCUT2D eigenvalue weighted by atomic mass is 16.6. The first-order valence-electron chi connectivity index (χ1n) is 9.76. The summed E-state index contributed by atoms with van der Waals surface area (Å²) in [5.74, 6) is 1.50. The van der Waals surface area contributed by atoms with Gasteiger partial charge in [0.2, 0.25) is 0 Å². The third kappa shape index (κ3) is 5.28. The Hall–Kier alpha value is -3.48. The van der Waals surface area contributed by atoms with Crippen molar-refractivity contribution in [1.82, 2.24) is 15.1 Å². The number of nitrogens with one attached hydrogen (secondary N) is 2. The van der Waals surface area contributed by atoms with Gasteiger partial charge in [-0.1, -0.05) is 42.5 Å². The summed E-state index contributed by atoms with van der Waals surface area (Å²) >= 11 is 0. The molecule has 7 nitrogen and oxygen atoms in total. The molecule has 2 aromatic carbocycles. The molecule has 1 atom stereocenters. The van der Waals surface area contributed by atoms with Gasteiger partial charge in [0.05, 0.1) is 18.4 Å². The lowest BCUT2D eigenvalue weighted by atomic mass is 10.1. The molecule has 2 N–H and O–H groups in total. The van der Waals surface area contributed by atoms with E-state index in [1.165, 1.54) is 5.56 Å². The van der Waals surface area contributed by atoms with Gasteiger partial charge in [-0.2, -0.15) is 5.10 Å². The highest BCUT2D eigenvalue weighted by molar-refractivity contribution is 5.88. The van der Waals surface area contributed by atoms with Crippen molar-refractivity contribution in [3.05, 3.63) is 72.6 Å².